The van der Waals surface area contributed by atoms with Crippen LogP contribution in [0.2, 0.25) is 0 Å². The van der Waals surface area contributed by atoms with Crippen molar-refractivity contribution in [2.24, 2.45) is 0 Å². The van der Waals surface area contributed by atoms with Crippen LogP contribution in [0, 0.1) is 0 Å². The van der Waals surface area contributed by atoms with E-state index in [1.54, 1.807) is 4.31 Å². The number of sulfonamides is 1. The fraction of sp³-hybridized carbons (Fsp3) is 0.391. The second kappa shape index (κ2) is 10.2. The van der Waals surface area contributed by atoms with E-state index in [1.807, 2.05) is 60.7 Å². The Morgan fingerprint density at radius 3 is 2.23 bits per heavy atom. The van der Waals surface area contributed by atoms with Crippen LogP contribution in [0.4, 0.5) is 0 Å². The molecular formula is C23H28N4O3S. The summed E-state index contributed by atoms with van der Waals surface area (Å²) in [5.74, 6) is 1.34. The molecule has 8 heteroatoms. The van der Waals surface area contributed by atoms with E-state index in [0.29, 0.717) is 37.7 Å². The summed E-state index contributed by atoms with van der Waals surface area (Å²) in [5.41, 5.74) is 2.09. The van der Waals surface area contributed by atoms with Gasteiger partial charge in [0.1, 0.15) is 0 Å². The number of rotatable bonds is 9. The first-order chi connectivity index (χ1) is 15.1. The molecule has 0 amide bonds. The van der Waals surface area contributed by atoms with E-state index in [-0.39, 0.29) is 5.75 Å². The zero-order valence-corrected chi connectivity index (χ0v) is 18.4. The Hall–Kier alpha value is -2.55. The quantitative estimate of drug-likeness (QED) is 0.509. The Balaban J connectivity index is 1.20. The van der Waals surface area contributed by atoms with Gasteiger partial charge in [0.05, 0.1) is 5.75 Å². The van der Waals surface area contributed by atoms with Gasteiger partial charge in [-0.05, 0) is 30.5 Å². The number of benzene rings is 2. The van der Waals surface area contributed by atoms with Crippen molar-refractivity contribution in [2.45, 2.75) is 19.3 Å². The summed E-state index contributed by atoms with van der Waals surface area (Å²) in [4.78, 5) is 2.25. The van der Waals surface area contributed by atoms with Gasteiger partial charge < -0.3 is 9.32 Å². The molecule has 0 bridgehead atoms. The minimum atomic E-state index is -3.21. The molecule has 2 heterocycles. The van der Waals surface area contributed by atoms with Crippen molar-refractivity contribution >= 4 is 10.0 Å². The molecule has 164 valence electrons. The lowest BCUT2D eigenvalue weighted by Crippen LogP contribution is -2.49. The van der Waals surface area contributed by atoms with E-state index in [4.69, 9.17) is 4.42 Å². The lowest BCUT2D eigenvalue weighted by atomic mass is 10.1. The Bertz CT molecular complexity index is 1050. The lowest BCUT2D eigenvalue weighted by molar-refractivity contribution is 0.187. The zero-order valence-electron chi connectivity index (χ0n) is 17.6. The highest BCUT2D eigenvalue weighted by Gasteiger charge is 2.26. The molecule has 1 aliphatic heterocycles. The number of aryl methyl sites for hydroxylation is 1. The third-order valence-corrected chi connectivity index (χ3v) is 7.52. The van der Waals surface area contributed by atoms with Crippen molar-refractivity contribution in [3.05, 3.63) is 72.1 Å². The second-order valence-corrected chi connectivity index (χ2v) is 9.85. The molecule has 0 unspecified atom stereocenters. The van der Waals surface area contributed by atoms with Crippen molar-refractivity contribution in [3.8, 4) is 11.5 Å². The predicted molar refractivity (Wildman–Crippen MR) is 120 cm³/mol. The van der Waals surface area contributed by atoms with Crippen LogP contribution >= 0.6 is 0 Å². The number of piperazine rings is 1. The molecular weight excluding hydrogens is 412 g/mol. The molecule has 3 aromatic rings. The number of aromatic nitrogens is 2. The summed E-state index contributed by atoms with van der Waals surface area (Å²) in [7, 11) is -3.21. The van der Waals surface area contributed by atoms with Gasteiger partial charge in [-0.2, -0.15) is 4.31 Å². The van der Waals surface area contributed by atoms with Crippen LogP contribution in [0.3, 0.4) is 0 Å². The molecule has 0 atom stereocenters. The normalized spacial score (nSPS) is 15.9. The summed E-state index contributed by atoms with van der Waals surface area (Å²) >= 11 is 0. The van der Waals surface area contributed by atoms with Crippen LogP contribution < -0.4 is 0 Å². The van der Waals surface area contributed by atoms with Gasteiger partial charge in [-0.15, -0.1) is 10.2 Å². The van der Waals surface area contributed by atoms with E-state index in [9.17, 15) is 8.42 Å². The smallest absolute Gasteiger partial charge is 0.247 e. The molecule has 31 heavy (non-hydrogen) atoms. The summed E-state index contributed by atoms with van der Waals surface area (Å²) in [5, 5.41) is 8.26. The van der Waals surface area contributed by atoms with E-state index < -0.39 is 10.0 Å². The molecule has 0 N–H and O–H groups in total. The van der Waals surface area contributed by atoms with E-state index >= 15 is 0 Å². The first-order valence-corrected chi connectivity index (χ1v) is 12.3. The zero-order chi connectivity index (χ0) is 21.5. The SMILES string of the molecule is O=S(=O)(CCCc1ccccc1)N1CCN(CCc2nnc(-c3ccccc3)o2)CC1. The van der Waals surface area contributed by atoms with Gasteiger partial charge >= 0.3 is 0 Å². The van der Waals surface area contributed by atoms with Crippen molar-refractivity contribution < 1.29 is 12.8 Å². The number of hydrogen-bond acceptors (Lipinski definition) is 6. The van der Waals surface area contributed by atoms with Crippen molar-refractivity contribution in [2.75, 3.05) is 38.5 Å². The van der Waals surface area contributed by atoms with E-state index in [2.05, 4.69) is 15.1 Å². The largest absolute Gasteiger partial charge is 0.421 e. The van der Waals surface area contributed by atoms with Crippen LogP contribution in [0.1, 0.15) is 17.9 Å². The Morgan fingerprint density at radius 1 is 0.839 bits per heavy atom. The summed E-state index contributed by atoms with van der Waals surface area (Å²) in [6.45, 7) is 3.28. The molecule has 7 nitrogen and oxygen atoms in total. The molecule has 4 rings (SSSR count). The predicted octanol–water partition coefficient (Wildman–Crippen LogP) is 2.86. The molecule has 1 fully saturated rings. The minimum absolute atomic E-state index is 0.201. The topological polar surface area (TPSA) is 79.5 Å². The molecule has 1 aliphatic rings. The van der Waals surface area contributed by atoms with Gasteiger partial charge in [0.15, 0.2) is 0 Å². The van der Waals surface area contributed by atoms with Gasteiger partial charge in [0.2, 0.25) is 21.8 Å². The van der Waals surface area contributed by atoms with Crippen LogP contribution in [0.25, 0.3) is 11.5 Å². The van der Waals surface area contributed by atoms with E-state index in [0.717, 1.165) is 31.6 Å². The Kier molecular flexibility index (Phi) is 7.11. The molecule has 1 saturated heterocycles. The Labute approximate surface area is 183 Å². The number of nitrogens with zero attached hydrogens (tertiary/aromatic N) is 4. The maximum absolute atomic E-state index is 12.7. The van der Waals surface area contributed by atoms with Crippen LogP contribution in [0.15, 0.2) is 65.1 Å². The van der Waals surface area contributed by atoms with Gasteiger partial charge in [-0.25, -0.2) is 8.42 Å². The average molecular weight is 441 g/mol. The monoisotopic (exact) mass is 440 g/mol. The molecule has 0 aliphatic carbocycles. The van der Waals surface area contributed by atoms with Crippen molar-refractivity contribution in [1.29, 1.82) is 0 Å². The van der Waals surface area contributed by atoms with Gasteiger partial charge in [-0.1, -0.05) is 48.5 Å². The fourth-order valence-electron chi connectivity index (χ4n) is 3.77. The lowest BCUT2D eigenvalue weighted by Gasteiger charge is -2.33. The highest BCUT2D eigenvalue weighted by Crippen LogP contribution is 2.17. The second-order valence-electron chi connectivity index (χ2n) is 7.76. The highest BCUT2D eigenvalue weighted by atomic mass is 32.2. The summed E-state index contributed by atoms with van der Waals surface area (Å²) in [6.07, 6.45) is 2.09. The van der Waals surface area contributed by atoms with Crippen molar-refractivity contribution in [1.82, 2.24) is 19.4 Å². The van der Waals surface area contributed by atoms with Crippen LogP contribution in [-0.2, 0) is 22.9 Å². The standard InChI is InChI=1S/C23H28N4O3S/c28-31(29,19-7-10-20-8-3-1-4-9-20)27-17-15-26(16-18-27)14-13-22-24-25-23(30-22)21-11-5-2-6-12-21/h1-6,8-9,11-12H,7,10,13-19H2. The van der Waals surface area contributed by atoms with Gasteiger partial charge in [-0.3, -0.25) is 0 Å². The van der Waals surface area contributed by atoms with Crippen LogP contribution in [-0.4, -0.2) is 66.3 Å². The summed E-state index contributed by atoms with van der Waals surface area (Å²) in [6, 6.07) is 19.7. The minimum Gasteiger partial charge on any atom is -0.421 e. The first kappa shape index (κ1) is 21.7. The molecule has 0 spiro atoms. The number of hydrogen-bond donors (Lipinski definition) is 0. The maximum atomic E-state index is 12.7. The maximum Gasteiger partial charge on any atom is 0.247 e. The van der Waals surface area contributed by atoms with Crippen LogP contribution in [0.5, 0.6) is 0 Å². The average Bonchev–Trinajstić information content (AvgIpc) is 3.28. The Morgan fingerprint density at radius 2 is 1.52 bits per heavy atom. The van der Waals surface area contributed by atoms with Gasteiger partial charge in [0, 0.05) is 44.7 Å². The fourth-order valence-corrected chi connectivity index (χ4v) is 5.26. The van der Waals surface area contributed by atoms with Gasteiger partial charge in [0.25, 0.3) is 0 Å². The first-order valence-electron chi connectivity index (χ1n) is 10.7. The third-order valence-electron chi connectivity index (χ3n) is 5.56. The molecule has 0 saturated carbocycles. The third kappa shape index (κ3) is 6.00. The van der Waals surface area contributed by atoms with E-state index in [1.165, 1.54) is 5.56 Å². The molecule has 2 aromatic carbocycles. The highest BCUT2D eigenvalue weighted by molar-refractivity contribution is 7.89. The van der Waals surface area contributed by atoms with Crippen molar-refractivity contribution in [3.63, 3.8) is 0 Å². The molecule has 1 aromatic heterocycles. The summed E-state index contributed by atoms with van der Waals surface area (Å²) < 4.78 is 32.7. The molecule has 0 radical (unpaired) electrons.